The number of para-hydroxylation sites is 1. The zero-order chi connectivity index (χ0) is 24.2. The number of esters is 1. The van der Waals surface area contributed by atoms with Gasteiger partial charge in [0.2, 0.25) is 5.37 Å². The van der Waals surface area contributed by atoms with Crippen LogP contribution in [0.1, 0.15) is 5.56 Å². The second-order valence-electron chi connectivity index (χ2n) is 7.38. The highest BCUT2D eigenvalue weighted by Crippen LogP contribution is 2.34. The van der Waals surface area contributed by atoms with Crippen LogP contribution in [-0.4, -0.2) is 55.9 Å². The summed E-state index contributed by atoms with van der Waals surface area (Å²) in [6.07, 6.45) is 1.36. The summed E-state index contributed by atoms with van der Waals surface area (Å²) in [6.45, 7) is -0.492. The van der Waals surface area contributed by atoms with Crippen LogP contribution in [0, 0.1) is 10.1 Å². The minimum Gasteiger partial charge on any atom is -0.614 e. The topological polar surface area (TPSA) is 151 Å². The van der Waals surface area contributed by atoms with E-state index in [-0.39, 0.29) is 30.4 Å². The van der Waals surface area contributed by atoms with Crippen LogP contribution in [0.25, 0.3) is 0 Å². The Morgan fingerprint density at radius 3 is 2.53 bits per heavy atom. The largest absolute Gasteiger partial charge is 0.614 e. The summed E-state index contributed by atoms with van der Waals surface area (Å²) in [5, 5.41) is 12.4. The van der Waals surface area contributed by atoms with E-state index < -0.39 is 45.3 Å². The summed E-state index contributed by atoms with van der Waals surface area (Å²) < 4.78 is 23.1. The lowest BCUT2D eigenvalue weighted by molar-refractivity contribution is -0.384. The fraction of sp³-hybridized carbons (Fsp3) is 0.227. The van der Waals surface area contributed by atoms with E-state index in [1.807, 2.05) is 0 Å². The average molecular weight is 485 g/mol. The van der Waals surface area contributed by atoms with Crippen LogP contribution in [0.3, 0.4) is 0 Å². The van der Waals surface area contributed by atoms with E-state index in [4.69, 9.17) is 9.47 Å². The Morgan fingerprint density at radius 2 is 1.85 bits per heavy atom. The van der Waals surface area contributed by atoms with Crippen LogP contribution in [0.4, 0.5) is 5.69 Å². The smallest absolute Gasteiger partial charge is 0.355 e. The Balaban J connectivity index is 1.33. The molecule has 4 rings (SSSR count). The standard InChI is InChI=1S/C22H19N3O8S/c26-18(13-32-16-4-2-1-3-5-16)23-19-20(27)24-17(10-11-34(31)21(19)24)22(28)33-12-14-6-8-15(9-7-14)25(29)30/h1-10,19,21H,11-13H2,(H,23,26)/t19?,21-,34?/m0/s1. The first-order valence-electron chi connectivity index (χ1n) is 10.1. The molecule has 11 nitrogen and oxygen atoms in total. The zero-order valence-corrected chi connectivity index (χ0v) is 18.4. The van der Waals surface area contributed by atoms with Gasteiger partial charge >= 0.3 is 5.97 Å². The molecule has 2 aromatic rings. The minimum absolute atomic E-state index is 0.0172. The molecule has 1 N–H and O–H groups in total. The first kappa shape index (κ1) is 23.3. The molecule has 12 heteroatoms. The SMILES string of the molecule is O=C(COc1ccccc1)NC1C(=O)N2C(C(=O)OCc3ccc([N+](=O)[O-])cc3)=CC[S+]([O-])[C@@H]12. The highest BCUT2D eigenvalue weighted by atomic mass is 32.2. The third-order valence-corrected chi connectivity index (χ3v) is 6.69. The van der Waals surface area contributed by atoms with Gasteiger partial charge in [0.1, 0.15) is 23.8 Å². The lowest BCUT2D eigenvalue weighted by atomic mass is 10.1. The normalized spacial score (nSPS) is 21.0. The zero-order valence-electron chi connectivity index (χ0n) is 17.6. The molecule has 0 spiro atoms. The number of carbonyl (C=O) groups excluding carboxylic acids is 3. The van der Waals surface area contributed by atoms with Crippen LogP contribution in [0.5, 0.6) is 5.75 Å². The number of nitrogens with zero attached hydrogens (tertiary/aromatic N) is 2. The molecule has 1 fully saturated rings. The van der Waals surface area contributed by atoms with E-state index in [2.05, 4.69) is 5.32 Å². The summed E-state index contributed by atoms with van der Waals surface area (Å²) in [5.41, 5.74) is 0.375. The Bertz CT molecular complexity index is 1140. The van der Waals surface area contributed by atoms with Gasteiger partial charge in [-0.3, -0.25) is 24.6 Å². The number of carbonyl (C=O) groups is 3. The number of nitro groups is 1. The van der Waals surface area contributed by atoms with E-state index in [0.29, 0.717) is 11.3 Å². The highest BCUT2D eigenvalue weighted by molar-refractivity contribution is 7.92. The van der Waals surface area contributed by atoms with Gasteiger partial charge in [-0.1, -0.05) is 18.2 Å². The lowest BCUT2D eigenvalue weighted by Crippen LogP contribution is -2.74. The maximum Gasteiger partial charge on any atom is 0.355 e. The van der Waals surface area contributed by atoms with Crippen LogP contribution < -0.4 is 10.1 Å². The van der Waals surface area contributed by atoms with E-state index in [9.17, 15) is 29.1 Å². The molecule has 0 radical (unpaired) electrons. The minimum atomic E-state index is -1.52. The molecule has 2 aromatic carbocycles. The van der Waals surface area contributed by atoms with Crippen molar-refractivity contribution in [3.05, 3.63) is 82.0 Å². The van der Waals surface area contributed by atoms with Crippen LogP contribution >= 0.6 is 0 Å². The molecule has 3 atom stereocenters. The summed E-state index contributed by atoms with van der Waals surface area (Å²) in [7, 11) is 0. The van der Waals surface area contributed by atoms with Crippen molar-refractivity contribution < 1.29 is 33.3 Å². The molecule has 2 heterocycles. The van der Waals surface area contributed by atoms with E-state index in [1.54, 1.807) is 30.3 Å². The van der Waals surface area contributed by atoms with Crippen LogP contribution in [0.2, 0.25) is 0 Å². The molecular weight excluding hydrogens is 466 g/mol. The average Bonchev–Trinajstić information content (AvgIpc) is 2.85. The third kappa shape index (κ3) is 4.87. The Labute approximate surface area is 196 Å². The lowest BCUT2D eigenvalue weighted by Gasteiger charge is -2.47. The molecule has 0 saturated carbocycles. The number of hydrogen-bond acceptors (Lipinski definition) is 8. The van der Waals surface area contributed by atoms with Gasteiger partial charge in [-0.15, -0.1) is 0 Å². The number of fused-ring (bicyclic) bond motifs is 1. The summed E-state index contributed by atoms with van der Waals surface area (Å²) >= 11 is -1.52. The van der Waals surface area contributed by atoms with Gasteiger partial charge in [0.05, 0.1) is 4.92 Å². The fourth-order valence-corrected chi connectivity index (χ4v) is 4.94. The second-order valence-corrected chi connectivity index (χ2v) is 8.96. The van der Waals surface area contributed by atoms with Gasteiger partial charge in [-0.05, 0) is 47.1 Å². The van der Waals surface area contributed by atoms with Gasteiger partial charge in [0.15, 0.2) is 12.6 Å². The molecule has 34 heavy (non-hydrogen) atoms. The molecule has 2 unspecified atom stereocenters. The highest BCUT2D eigenvalue weighted by Gasteiger charge is 2.59. The number of nitrogens with one attached hydrogen (secondary N) is 1. The Morgan fingerprint density at radius 1 is 1.15 bits per heavy atom. The van der Waals surface area contributed by atoms with Gasteiger partial charge in [0, 0.05) is 12.1 Å². The fourth-order valence-electron chi connectivity index (χ4n) is 3.48. The summed E-state index contributed by atoms with van der Waals surface area (Å²) in [5.74, 6) is -1.43. The third-order valence-electron chi connectivity index (χ3n) is 5.17. The number of rotatable bonds is 8. The number of ether oxygens (including phenoxy) is 2. The maximum atomic E-state index is 12.7. The van der Waals surface area contributed by atoms with Gasteiger partial charge < -0.3 is 19.3 Å². The van der Waals surface area contributed by atoms with E-state index >= 15 is 0 Å². The molecule has 0 bridgehead atoms. The quantitative estimate of drug-likeness (QED) is 0.191. The first-order valence-corrected chi connectivity index (χ1v) is 11.5. The van der Waals surface area contributed by atoms with Gasteiger partial charge in [-0.2, -0.15) is 0 Å². The monoisotopic (exact) mass is 485 g/mol. The molecule has 0 aromatic heterocycles. The Kier molecular flexibility index (Phi) is 6.80. The summed E-state index contributed by atoms with van der Waals surface area (Å²) in [6, 6.07) is 13.1. The molecule has 2 aliphatic rings. The molecule has 2 aliphatic heterocycles. The van der Waals surface area contributed by atoms with Crippen LogP contribution in [0.15, 0.2) is 66.4 Å². The molecule has 176 valence electrons. The van der Waals surface area contributed by atoms with Crippen LogP contribution in [-0.2, 0) is 36.9 Å². The number of nitro benzene ring substituents is 1. The molecule has 2 amide bonds. The van der Waals surface area contributed by atoms with E-state index in [1.165, 1.54) is 30.3 Å². The van der Waals surface area contributed by atoms with Crippen molar-refractivity contribution >= 4 is 34.6 Å². The molecule has 1 saturated heterocycles. The predicted molar refractivity (Wildman–Crippen MR) is 118 cm³/mol. The van der Waals surface area contributed by atoms with Gasteiger partial charge in [-0.25, -0.2) is 4.79 Å². The van der Waals surface area contributed by atoms with Gasteiger partial charge in [0.25, 0.3) is 17.5 Å². The summed E-state index contributed by atoms with van der Waals surface area (Å²) in [4.78, 5) is 48.7. The van der Waals surface area contributed by atoms with Crippen molar-refractivity contribution in [3.63, 3.8) is 0 Å². The maximum absolute atomic E-state index is 12.7. The Hall–Kier alpha value is -3.90. The predicted octanol–water partition coefficient (Wildman–Crippen LogP) is 1.02. The van der Waals surface area contributed by atoms with E-state index in [0.717, 1.165) is 4.90 Å². The van der Waals surface area contributed by atoms with Crippen molar-refractivity contribution in [2.45, 2.75) is 18.0 Å². The van der Waals surface area contributed by atoms with Crippen molar-refractivity contribution in [3.8, 4) is 5.75 Å². The number of hydrogen-bond donors (Lipinski definition) is 1. The second kappa shape index (κ2) is 9.93. The number of β-lactam (4-membered cyclic amide) rings is 1. The number of benzene rings is 2. The van der Waals surface area contributed by atoms with Crippen molar-refractivity contribution in [1.82, 2.24) is 10.2 Å². The number of non-ortho nitro benzene ring substituents is 1. The molecular formula is C22H19N3O8S. The van der Waals surface area contributed by atoms with Crippen molar-refractivity contribution in [2.75, 3.05) is 12.4 Å². The number of amides is 2. The van der Waals surface area contributed by atoms with Crippen molar-refractivity contribution in [1.29, 1.82) is 0 Å². The first-order chi connectivity index (χ1) is 16.3. The van der Waals surface area contributed by atoms with Crippen molar-refractivity contribution in [2.24, 2.45) is 0 Å². The molecule has 0 aliphatic carbocycles.